The number of carbonyl (C=O) groups is 1. The van der Waals surface area contributed by atoms with E-state index in [1.54, 1.807) is 19.2 Å². The molecule has 172 valence electrons. The van der Waals surface area contributed by atoms with E-state index < -0.39 is 11.5 Å². The van der Waals surface area contributed by atoms with E-state index in [0.717, 1.165) is 40.3 Å². The van der Waals surface area contributed by atoms with Crippen LogP contribution in [-0.2, 0) is 23.9 Å². The van der Waals surface area contributed by atoms with Gasteiger partial charge >= 0.3 is 5.97 Å². The largest absolute Gasteiger partial charge is 0.494 e. The smallest absolute Gasteiger partial charge is 0.338 e. The lowest BCUT2D eigenvalue weighted by molar-refractivity contribution is 0.0600. The molecule has 0 saturated heterocycles. The number of nitrogens with zero attached hydrogens (tertiary/aromatic N) is 4. The maximum absolute atomic E-state index is 12.2. The molecule has 1 aliphatic carbocycles. The Bertz CT molecular complexity index is 1390. The van der Waals surface area contributed by atoms with E-state index in [4.69, 9.17) is 25.2 Å². The van der Waals surface area contributed by atoms with Crippen LogP contribution in [0.15, 0.2) is 30.3 Å². The van der Waals surface area contributed by atoms with Gasteiger partial charge in [-0.2, -0.15) is 0 Å². The summed E-state index contributed by atoms with van der Waals surface area (Å²) in [5.41, 5.74) is 10.5. The van der Waals surface area contributed by atoms with Crippen molar-refractivity contribution in [3.8, 4) is 17.3 Å². The zero-order valence-electron chi connectivity index (χ0n) is 19.7. The molecule has 8 heteroatoms. The van der Waals surface area contributed by atoms with E-state index >= 15 is 0 Å². The van der Waals surface area contributed by atoms with Crippen molar-refractivity contribution in [1.82, 2.24) is 19.1 Å². The SMILES string of the molecule is COC(=O)c1cc(OC)c2c(c1)nc(-c1cc3ccc(C(C)(C)N)nc3n1CC1CC1)n2C. The van der Waals surface area contributed by atoms with Gasteiger partial charge in [0.05, 0.1) is 42.2 Å². The number of fused-ring (bicyclic) bond motifs is 2. The first-order chi connectivity index (χ1) is 15.7. The van der Waals surface area contributed by atoms with Crippen LogP contribution in [0.5, 0.6) is 5.75 Å². The first-order valence-corrected chi connectivity index (χ1v) is 11.1. The molecular weight excluding hydrogens is 418 g/mol. The Morgan fingerprint density at radius 1 is 1.18 bits per heavy atom. The van der Waals surface area contributed by atoms with Gasteiger partial charge in [0.15, 0.2) is 5.82 Å². The lowest BCUT2D eigenvalue weighted by atomic mass is 10.0. The molecule has 0 unspecified atom stereocenters. The molecule has 0 spiro atoms. The van der Waals surface area contributed by atoms with E-state index in [-0.39, 0.29) is 0 Å². The summed E-state index contributed by atoms with van der Waals surface area (Å²) in [5, 5.41) is 1.05. The molecule has 5 rings (SSSR count). The van der Waals surface area contributed by atoms with Crippen molar-refractivity contribution in [3.63, 3.8) is 0 Å². The van der Waals surface area contributed by atoms with Gasteiger partial charge in [0.25, 0.3) is 0 Å². The summed E-state index contributed by atoms with van der Waals surface area (Å²) in [6, 6.07) is 9.64. The average Bonchev–Trinajstić information content (AvgIpc) is 3.46. The fraction of sp³-hybridized carbons (Fsp3) is 0.400. The molecule has 0 amide bonds. The van der Waals surface area contributed by atoms with Crippen LogP contribution < -0.4 is 10.5 Å². The number of esters is 1. The van der Waals surface area contributed by atoms with Crippen molar-refractivity contribution in [1.29, 1.82) is 0 Å². The second-order valence-corrected chi connectivity index (χ2v) is 9.45. The number of rotatable bonds is 6. The summed E-state index contributed by atoms with van der Waals surface area (Å²) in [7, 11) is 4.92. The van der Waals surface area contributed by atoms with Gasteiger partial charge in [0.1, 0.15) is 16.9 Å². The van der Waals surface area contributed by atoms with Gasteiger partial charge in [-0.1, -0.05) is 0 Å². The highest BCUT2D eigenvalue weighted by molar-refractivity contribution is 5.97. The van der Waals surface area contributed by atoms with Gasteiger partial charge in [-0.15, -0.1) is 0 Å². The number of hydrogen-bond acceptors (Lipinski definition) is 6. The zero-order chi connectivity index (χ0) is 23.5. The average molecular weight is 448 g/mol. The number of ether oxygens (including phenoxy) is 2. The van der Waals surface area contributed by atoms with Gasteiger partial charge in [0, 0.05) is 19.0 Å². The molecule has 1 saturated carbocycles. The van der Waals surface area contributed by atoms with E-state index in [1.807, 2.05) is 31.5 Å². The highest BCUT2D eigenvalue weighted by Gasteiger charge is 2.27. The minimum absolute atomic E-state index is 0.404. The molecule has 0 radical (unpaired) electrons. The van der Waals surface area contributed by atoms with Crippen LogP contribution in [0.1, 0.15) is 42.7 Å². The number of imidazole rings is 1. The molecule has 3 heterocycles. The Morgan fingerprint density at radius 3 is 2.58 bits per heavy atom. The van der Waals surface area contributed by atoms with Crippen molar-refractivity contribution in [2.45, 2.75) is 38.8 Å². The minimum Gasteiger partial charge on any atom is -0.494 e. The second-order valence-electron chi connectivity index (χ2n) is 9.45. The summed E-state index contributed by atoms with van der Waals surface area (Å²) >= 11 is 0. The first kappa shape index (κ1) is 21.5. The Hall–Kier alpha value is -3.39. The quantitative estimate of drug-likeness (QED) is 0.449. The van der Waals surface area contributed by atoms with Crippen LogP contribution in [0.4, 0.5) is 0 Å². The number of aromatic nitrogens is 4. The molecule has 33 heavy (non-hydrogen) atoms. The van der Waals surface area contributed by atoms with E-state index in [2.05, 4.69) is 16.7 Å². The lowest BCUT2D eigenvalue weighted by Crippen LogP contribution is -2.29. The van der Waals surface area contributed by atoms with Crippen molar-refractivity contribution in [2.75, 3.05) is 14.2 Å². The maximum atomic E-state index is 12.2. The lowest BCUT2D eigenvalue weighted by Gasteiger charge is -2.18. The third-order valence-electron chi connectivity index (χ3n) is 6.35. The number of carbonyl (C=O) groups excluding carboxylic acids is 1. The Labute approximate surface area is 192 Å². The fourth-order valence-electron chi connectivity index (χ4n) is 4.35. The summed E-state index contributed by atoms with van der Waals surface area (Å²) in [5.74, 6) is 1.58. The molecule has 1 fully saturated rings. The number of nitrogens with two attached hydrogens (primary N) is 1. The summed E-state index contributed by atoms with van der Waals surface area (Å²) in [4.78, 5) is 22.0. The van der Waals surface area contributed by atoms with Crippen LogP contribution >= 0.6 is 0 Å². The molecule has 2 N–H and O–H groups in total. The number of methoxy groups -OCH3 is 2. The topological polar surface area (TPSA) is 97.2 Å². The molecule has 0 bridgehead atoms. The molecular formula is C25H29N5O3. The fourth-order valence-corrected chi connectivity index (χ4v) is 4.35. The van der Waals surface area contributed by atoms with Gasteiger partial charge in [-0.05, 0) is 62.9 Å². The maximum Gasteiger partial charge on any atom is 0.338 e. The molecule has 0 atom stereocenters. The predicted octanol–water partition coefficient (Wildman–Crippen LogP) is 3.99. The monoisotopic (exact) mass is 447 g/mol. The van der Waals surface area contributed by atoms with Crippen LogP contribution in [0, 0.1) is 5.92 Å². The molecule has 8 nitrogen and oxygen atoms in total. The molecule has 3 aromatic heterocycles. The van der Waals surface area contributed by atoms with Gasteiger partial charge in [0.2, 0.25) is 0 Å². The zero-order valence-corrected chi connectivity index (χ0v) is 19.7. The number of benzene rings is 1. The first-order valence-electron chi connectivity index (χ1n) is 11.1. The molecule has 4 aromatic rings. The predicted molar refractivity (Wildman–Crippen MR) is 127 cm³/mol. The Balaban J connectivity index is 1.75. The van der Waals surface area contributed by atoms with Gasteiger partial charge < -0.3 is 24.3 Å². The number of hydrogen-bond donors (Lipinski definition) is 1. The van der Waals surface area contributed by atoms with Crippen molar-refractivity contribution < 1.29 is 14.3 Å². The van der Waals surface area contributed by atoms with Crippen LogP contribution in [-0.4, -0.2) is 39.3 Å². The van der Waals surface area contributed by atoms with Gasteiger partial charge in [-0.3, -0.25) is 0 Å². The Morgan fingerprint density at radius 2 is 1.94 bits per heavy atom. The summed E-state index contributed by atoms with van der Waals surface area (Å²) in [6.45, 7) is 4.81. The highest BCUT2D eigenvalue weighted by Crippen LogP contribution is 2.37. The van der Waals surface area contributed by atoms with E-state index in [0.29, 0.717) is 22.7 Å². The van der Waals surface area contributed by atoms with Crippen molar-refractivity contribution in [2.24, 2.45) is 18.7 Å². The molecule has 1 aliphatic rings. The van der Waals surface area contributed by atoms with Gasteiger partial charge in [-0.25, -0.2) is 14.8 Å². The Kier molecular flexibility index (Phi) is 4.93. The minimum atomic E-state index is -0.529. The molecule has 0 aliphatic heterocycles. The standard InChI is InChI=1S/C25H29N5O3/c1-25(2,26)20-9-8-15-11-18(30(22(15)28-20)13-14-6-7-14)23-27-17-10-16(24(31)33-5)12-19(32-4)21(17)29(23)3/h8-12,14H,6-7,13,26H2,1-5H3. The third kappa shape index (κ3) is 3.64. The molecule has 1 aromatic carbocycles. The van der Waals surface area contributed by atoms with Crippen molar-refractivity contribution >= 4 is 28.0 Å². The normalized spacial score (nSPS) is 14.2. The third-order valence-corrected chi connectivity index (χ3v) is 6.35. The van der Waals surface area contributed by atoms with Crippen LogP contribution in [0.3, 0.4) is 0 Å². The van der Waals surface area contributed by atoms with Crippen LogP contribution in [0.2, 0.25) is 0 Å². The van der Waals surface area contributed by atoms with Crippen molar-refractivity contribution in [3.05, 3.63) is 41.6 Å². The number of pyridine rings is 1. The summed E-state index contributed by atoms with van der Waals surface area (Å²) in [6.07, 6.45) is 2.44. The second kappa shape index (κ2) is 7.59. The van der Waals surface area contributed by atoms with E-state index in [9.17, 15) is 4.79 Å². The van der Waals surface area contributed by atoms with Crippen LogP contribution in [0.25, 0.3) is 33.6 Å². The van der Waals surface area contributed by atoms with E-state index in [1.165, 1.54) is 20.0 Å². The highest BCUT2D eigenvalue weighted by atomic mass is 16.5. The number of aryl methyl sites for hydroxylation is 1. The summed E-state index contributed by atoms with van der Waals surface area (Å²) < 4.78 is 14.8.